The molecule has 0 aromatic carbocycles. The molecule has 2 rings (SSSR count). The van der Waals surface area contributed by atoms with Crippen molar-refractivity contribution >= 4 is 0 Å². The van der Waals surface area contributed by atoms with Gasteiger partial charge in [-0.1, -0.05) is 13.8 Å². The van der Waals surface area contributed by atoms with Crippen LogP contribution in [0.4, 0.5) is 0 Å². The lowest BCUT2D eigenvalue weighted by atomic mass is 9.95. The lowest BCUT2D eigenvalue weighted by Gasteiger charge is -2.28. The topological polar surface area (TPSA) is 43.4 Å². The maximum absolute atomic E-state index is 6.04. The van der Waals surface area contributed by atoms with E-state index in [1.165, 1.54) is 12.0 Å². The number of nitrogens with one attached hydrogen (secondary N) is 1. The van der Waals surface area contributed by atoms with Crippen molar-refractivity contribution in [3.8, 4) is 5.88 Å². The number of rotatable bonds is 7. The van der Waals surface area contributed by atoms with Gasteiger partial charge in [0.1, 0.15) is 6.10 Å². The lowest BCUT2D eigenvalue weighted by molar-refractivity contribution is 0.0195. The van der Waals surface area contributed by atoms with Crippen LogP contribution in [-0.2, 0) is 11.3 Å². The second kappa shape index (κ2) is 8.35. The van der Waals surface area contributed by atoms with Crippen LogP contribution in [0, 0.1) is 5.92 Å². The fraction of sp³-hybridized carbons (Fsp3) is 0.706. The normalized spacial score (nSPS) is 22.5. The average Bonchev–Trinajstić information content (AvgIpc) is 2.47. The van der Waals surface area contributed by atoms with E-state index in [2.05, 4.69) is 24.1 Å². The highest BCUT2D eigenvalue weighted by Gasteiger charge is 2.23. The second-order valence-electron chi connectivity index (χ2n) is 6.29. The van der Waals surface area contributed by atoms with Crippen molar-refractivity contribution in [1.29, 1.82) is 0 Å². The van der Waals surface area contributed by atoms with E-state index < -0.39 is 0 Å². The van der Waals surface area contributed by atoms with Gasteiger partial charge in [0.05, 0.1) is 6.10 Å². The summed E-state index contributed by atoms with van der Waals surface area (Å²) in [5, 5.41) is 3.44. The third kappa shape index (κ3) is 5.64. The van der Waals surface area contributed by atoms with Crippen LogP contribution in [0.3, 0.4) is 0 Å². The van der Waals surface area contributed by atoms with Crippen LogP contribution in [0.5, 0.6) is 5.88 Å². The minimum atomic E-state index is 0.232. The van der Waals surface area contributed by atoms with Gasteiger partial charge in [-0.2, -0.15) is 0 Å². The van der Waals surface area contributed by atoms with Gasteiger partial charge in [-0.15, -0.1) is 0 Å². The minimum Gasteiger partial charge on any atom is -0.474 e. The second-order valence-corrected chi connectivity index (χ2v) is 6.29. The largest absolute Gasteiger partial charge is 0.474 e. The fourth-order valence-electron chi connectivity index (χ4n) is 2.72. The number of nitrogens with zero attached hydrogens (tertiary/aromatic N) is 1. The number of hydrogen-bond acceptors (Lipinski definition) is 4. The molecule has 0 saturated heterocycles. The first kappa shape index (κ1) is 16.2. The Kier molecular flexibility index (Phi) is 6.46. The number of ether oxygens (including phenoxy) is 2. The van der Waals surface area contributed by atoms with Crippen molar-refractivity contribution < 1.29 is 9.47 Å². The molecule has 4 heteroatoms. The molecule has 1 aromatic heterocycles. The van der Waals surface area contributed by atoms with Gasteiger partial charge < -0.3 is 14.8 Å². The van der Waals surface area contributed by atoms with Gasteiger partial charge >= 0.3 is 0 Å². The molecular weight excluding hydrogens is 264 g/mol. The predicted octanol–water partition coefficient (Wildman–Crippen LogP) is 3.16. The molecule has 0 spiro atoms. The Morgan fingerprint density at radius 1 is 1.33 bits per heavy atom. The van der Waals surface area contributed by atoms with E-state index >= 15 is 0 Å². The van der Waals surface area contributed by atoms with E-state index in [0.29, 0.717) is 12.0 Å². The van der Waals surface area contributed by atoms with E-state index in [0.717, 1.165) is 38.2 Å². The first-order valence-corrected chi connectivity index (χ1v) is 8.02. The molecular formula is C17H28N2O2. The zero-order valence-corrected chi connectivity index (χ0v) is 13.5. The molecule has 1 N–H and O–H groups in total. The highest BCUT2D eigenvalue weighted by atomic mass is 16.5. The first-order valence-electron chi connectivity index (χ1n) is 8.02. The predicted molar refractivity (Wildman–Crippen MR) is 84.5 cm³/mol. The van der Waals surface area contributed by atoms with Crippen molar-refractivity contribution in [2.45, 2.75) is 58.3 Å². The average molecular weight is 292 g/mol. The molecule has 0 bridgehead atoms. The molecule has 21 heavy (non-hydrogen) atoms. The third-order valence-corrected chi connectivity index (χ3v) is 3.88. The van der Waals surface area contributed by atoms with Gasteiger partial charge in [0.15, 0.2) is 0 Å². The molecule has 2 unspecified atom stereocenters. The first-order chi connectivity index (χ1) is 10.2. The van der Waals surface area contributed by atoms with Gasteiger partial charge in [0, 0.05) is 32.3 Å². The summed E-state index contributed by atoms with van der Waals surface area (Å²) in [5.74, 6) is 1.40. The molecule has 1 aliphatic carbocycles. The molecule has 4 nitrogen and oxygen atoms in total. The highest BCUT2D eigenvalue weighted by molar-refractivity contribution is 5.20. The van der Waals surface area contributed by atoms with Crippen LogP contribution in [0.25, 0.3) is 0 Å². The summed E-state index contributed by atoms with van der Waals surface area (Å²) in [6, 6.07) is 4.09. The molecule has 2 atom stereocenters. The zero-order chi connectivity index (χ0) is 15.1. The summed E-state index contributed by atoms with van der Waals surface area (Å²) >= 11 is 0. The van der Waals surface area contributed by atoms with Crippen LogP contribution >= 0.6 is 0 Å². The fourth-order valence-corrected chi connectivity index (χ4v) is 2.72. The van der Waals surface area contributed by atoms with Crippen molar-refractivity contribution in [2.24, 2.45) is 5.92 Å². The number of aromatic nitrogens is 1. The number of methoxy groups -OCH3 is 1. The Morgan fingerprint density at radius 2 is 2.14 bits per heavy atom. The Balaban J connectivity index is 1.85. The third-order valence-electron chi connectivity index (χ3n) is 3.88. The van der Waals surface area contributed by atoms with E-state index in [1.807, 2.05) is 18.3 Å². The molecule has 1 heterocycles. The van der Waals surface area contributed by atoms with Crippen LogP contribution in [0.2, 0.25) is 0 Å². The van der Waals surface area contributed by atoms with Crippen molar-refractivity contribution in [3.05, 3.63) is 23.9 Å². The molecule has 1 aliphatic rings. The molecule has 0 aliphatic heterocycles. The molecule has 1 aromatic rings. The molecule has 1 saturated carbocycles. The van der Waals surface area contributed by atoms with Crippen LogP contribution in [-0.4, -0.2) is 30.8 Å². The zero-order valence-electron chi connectivity index (χ0n) is 13.5. The molecule has 0 radical (unpaired) electrons. The molecule has 1 fully saturated rings. The van der Waals surface area contributed by atoms with Gasteiger partial charge in [0.2, 0.25) is 5.88 Å². The summed E-state index contributed by atoms with van der Waals surface area (Å²) in [5.41, 5.74) is 1.22. The molecule has 118 valence electrons. The van der Waals surface area contributed by atoms with E-state index in [9.17, 15) is 0 Å². The summed E-state index contributed by atoms with van der Waals surface area (Å²) in [6.45, 7) is 6.31. The maximum Gasteiger partial charge on any atom is 0.213 e. The Labute approximate surface area is 128 Å². The highest BCUT2D eigenvalue weighted by Crippen LogP contribution is 2.24. The van der Waals surface area contributed by atoms with E-state index in [4.69, 9.17) is 9.47 Å². The van der Waals surface area contributed by atoms with Crippen LogP contribution < -0.4 is 10.1 Å². The van der Waals surface area contributed by atoms with Gasteiger partial charge in [-0.3, -0.25) is 0 Å². The van der Waals surface area contributed by atoms with Crippen molar-refractivity contribution in [1.82, 2.24) is 10.3 Å². The maximum atomic E-state index is 6.04. The minimum absolute atomic E-state index is 0.232. The Morgan fingerprint density at radius 3 is 2.90 bits per heavy atom. The quantitative estimate of drug-likeness (QED) is 0.838. The van der Waals surface area contributed by atoms with Gasteiger partial charge in [-0.25, -0.2) is 4.98 Å². The van der Waals surface area contributed by atoms with Gasteiger partial charge in [0.25, 0.3) is 0 Å². The summed E-state index contributed by atoms with van der Waals surface area (Å²) in [6.07, 6.45) is 6.76. The number of hydrogen-bond donors (Lipinski definition) is 1. The SMILES string of the molecule is COC1CCCC(Oc2cc(CNCC(C)C)ccn2)C1. The Hall–Kier alpha value is -1.13. The standard InChI is InChI=1S/C17H28N2O2/c1-13(2)11-18-12-14-7-8-19-17(9-14)21-16-6-4-5-15(10-16)20-3/h7-9,13,15-16,18H,4-6,10-12H2,1-3H3. The Bertz CT molecular complexity index is 423. The summed E-state index contributed by atoms with van der Waals surface area (Å²) in [4.78, 5) is 4.34. The van der Waals surface area contributed by atoms with Crippen LogP contribution in [0.1, 0.15) is 45.1 Å². The molecule has 0 amide bonds. The lowest BCUT2D eigenvalue weighted by Crippen LogP contribution is -2.29. The smallest absolute Gasteiger partial charge is 0.213 e. The van der Waals surface area contributed by atoms with Gasteiger partial charge in [-0.05, 0) is 43.4 Å². The number of pyridine rings is 1. The van der Waals surface area contributed by atoms with E-state index in [-0.39, 0.29) is 6.10 Å². The van der Waals surface area contributed by atoms with E-state index in [1.54, 1.807) is 7.11 Å². The summed E-state index contributed by atoms with van der Waals surface area (Å²) < 4.78 is 11.5. The van der Waals surface area contributed by atoms with Crippen LogP contribution in [0.15, 0.2) is 18.3 Å². The monoisotopic (exact) mass is 292 g/mol. The van der Waals surface area contributed by atoms with Crippen molar-refractivity contribution in [2.75, 3.05) is 13.7 Å². The summed E-state index contributed by atoms with van der Waals surface area (Å²) in [7, 11) is 1.78. The van der Waals surface area contributed by atoms with Crippen molar-refractivity contribution in [3.63, 3.8) is 0 Å².